The number of carbonyl (C=O) groups is 9. The van der Waals surface area contributed by atoms with Crippen molar-refractivity contribution in [1.29, 1.82) is 0 Å². The minimum Gasteiger partial charge on any atom is -0.480 e. The van der Waals surface area contributed by atoms with Gasteiger partial charge in [-0.1, -0.05) is 80.6 Å². The molecular weight excluding hydrogens is 1050 g/mol. The van der Waals surface area contributed by atoms with Crippen LogP contribution in [0.5, 0.6) is 0 Å². The molecule has 0 radical (unpaired) electrons. The van der Waals surface area contributed by atoms with E-state index < -0.39 is 114 Å². The number of hydrogen-bond acceptors (Lipinski definition) is 12. The number of amides is 8. The lowest BCUT2D eigenvalue weighted by molar-refractivity contribution is -0.141. The van der Waals surface area contributed by atoms with Gasteiger partial charge in [-0.2, -0.15) is 0 Å². The molecular formula is C57H79N15O10. The summed E-state index contributed by atoms with van der Waals surface area (Å²) in [5.74, 6) is -8.03. The van der Waals surface area contributed by atoms with Gasteiger partial charge in [0.05, 0.1) is 6.04 Å². The third-order valence-corrected chi connectivity index (χ3v) is 13.7. The lowest BCUT2D eigenvalue weighted by atomic mass is 9.98. The Bertz CT molecular complexity index is 3030. The van der Waals surface area contributed by atoms with E-state index in [1.165, 1.54) is 20.8 Å². The van der Waals surface area contributed by atoms with Crippen molar-refractivity contribution in [3.63, 3.8) is 0 Å². The molecule has 0 aliphatic rings. The summed E-state index contributed by atoms with van der Waals surface area (Å²) in [7, 11) is 0. The number of carbonyl (C=O) groups excluding carboxylic acids is 8. The van der Waals surface area contributed by atoms with Gasteiger partial charge in [-0.15, -0.1) is 0 Å². The Morgan fingerprint density at radius 2 is 0.939 bits per heavy atom. The number of H-pyrrole nitrogens is 2. The lowest BCUT2D eigenvalue weighted by Crippen LogP contribution is -2.61. The predicted molar refractivity (Wildman–Crippen MR) is 310 cm³/mol. The van der Waals surface area contributed by atoms with E-state index in [1.54, 1.807) is 56.6 Å². The zero-order valence-electron chi connectivity index (χ0n) is 46.9. The number of aliphatic carboxylic acids is 1. The minimum atomic E-state index is -1.39. The molecule has 0 aliphatic carbocycles. The number of aliphatic imine (C=N–C) groups is 1. The number of benzene rings is 3. The average molecular weight is 1130 g/mol. The van der Waals surface area contributed by atoms with Gasteiger partial charge in [-0.05, 0) is 94.2 Å². The molecule has 3 aromatic carbocycles. The Hall–Kier alpha value is -8.84. The number of carboxylic acids is 1. The summed E-state index contributed by atoms with van der Waals surface area (Å²) in [6, 6.07) is 12.2. The number of hydrogen-bond donors (Lipinski definition) is 15. The van der Waals surface area contributed by atoms with Crippen LogP contribution in [0.3, 0.4) is 0 Å². The van der Waals surface area contributed by atoms with E-state index in [1.807, 2.05) is 48.5 Å². The quantitative estimate of drug-likeness (QED) is 0.0152. The maximum absolute atomic E-state index is 14.9. The molecule has 0 bridgehead atoms. The van der Waals surface area contributed by atoms with Crippen LogP contribution in [0, 0.1) is 5.92 Å². The number of fused-ring (bicyclic) bond motifs is 2. The Balaban J connectivity index is 1.43. The summed E-state index contributed by atoms with van der Waals surface area (Å²) in [6.45, 7) is 7.87. The van der Waals surface area contributed by atoms with Crippen LogP contribution in [0.2, 0.25) is 0 Å². The fourth-order valence-electron chi connectivity index (χ4n) is 9.00. The van der Waals surface area contributed by atoms with Crippen molar-refractivity contribution in [2.75, 3.05) is 13.1 Å². The van der Waals surface area contributed by atoms with E-state index in [0.717, 1.165) is 21.8 Å². The van der Waals surface area contributed by atoms with E-state index in [9.17, 15) is 48.3 Å². The number of nitrogens with zero attached hydrogens (tertiary/aromatic N) is 1. The number of nitrogens with two attached hydrogens (primary N) is 4. The zero-order chi connectivity index (χ0) is 60.0. The Labute approximate surface area is 475 Å². The monoisotopic (exact) mass is 1130 g/mol. The van der Waals surface area contributed by atoms with Crippen molar-refractivity contribution < 1.29 is 48.3 Å². The van der Waals surface area contributed by atoms with Crippen LogP contribution in [0.25, 0.3) is 21.8 Å². The molecule has 0 unspecified atom stereocenters. The highest BCUT2D eigenvalue weighted by atomic mass is 16.4. The molecule has 2 aromatic heterocycles. The Kier molecular flexibility index (Phi) is 24.4. The van der Waals surface area contributed by atoms with Crippen LogP contribution in [0.4, 0.5) is 0 Å². The van der Waals surface area contributed by atoms with Crippen LogP contribution in [-0.4, -0.2) is 142 Å². The number of aromatic amines is 2. The number of nitrogens with one attached hydrogen (secondary N) is 10. The summed E-state index contributed by atoms with van der Waals surface area (Å²) >= 11 is 0. The predicted octanol–water partition coefficient (Wildman–Crippen LogP) is -0.134. The highest BCUT2D eigenvalue weighted by Gasteiger charge is 2.36. The summed E-state index contributed by atoms with van der Waals surface area (Å²) in [4.78, 5) is 135. The second-order valence-corrected chi connectivity index (χ2v) is 20.7. The van der Waals surface area contributed by atoms with Crippen molar-refractivity contribution in [2.24, 2.45) is 33.8 Å². The number of rotatable bonds is 32. The second kappa shape index (κ2) is 31.2. The van der Waals surface area contributed by atoms with Crippen molar-refractivity contribution in [1.82, 2.24) is 52.5 Å². The molecule has 0 saturated heterocycles. The van der Waals surface area contributed by atoms with E-state index >= 15 is 0 Å². The molecule has 25 nitrogen and oxygen atoms in total. The summed E-state index contributed by atoms with van der Waals surface area (Å²) in [6.07, 6.45) is 4.42. The number of aromatic nitrogens is 2. The van der Waals surface area contributed by atoms with E-state index in [4.69, 9.17) is 22.9 Å². The van der Waals surface area contributed by atoms with Crippen molar-refractivity contribution in [2.45, 2.75) is 140 Å². The standard InChI is InChI=1S/C57H79N15O10/c1-31(2)47(72-51(76)42(22-13-14-24-58)68-53(78)44(26-35-16-7-6-8-17-35)69-50(75)43(67-48(73)32(3)59)23-15-25-62-57(60)61)55(80)71-46(28-37-30-64-41-21-12-10-19-39(37)41)54(79)70-45(27-36-29-63-40-20-11-9-18-38(36)40)52(77)65-33(4)49(74)66-34(5)56(81)82/h6-12,16-21,29-34,42-47,63-64H,13-15,22-28,58-59H2,1-5H3,(H,65,77)(H,66,74)(H,67,73)(H,68,78)(H,69,75)(H,70,79)(H,71,80)(H,72,76)(H,81,82)(H4,60,61,62)/t32-,33-,34-,42-,43-,44-,45-,46-,47-/m0/s1. The smallest absolute Gasteiger partial charge is 0.325 e. The van der Waals surface area contributed by atoms with Gasteiger partial charge >= 0.3 is 5.97 Å². The van der Waals surface area contributed by atoms with Crippen LogP contribution in [0.15, 0.2) is 96.2 Å². The third kappa shape index (κ3) is 19.2. The van der Waals surface area contributed by atoms with Crippen molar-refractivity contribution in [3.05, 3.63) is 108 Å². The first-order valence-electron chi connectivity index (χ1n) is 27.4. The molecule has 25 heteroatoms. The molecule has 8 amide bonds. The van der Waals surface area contributed by atoms with E-state index in [2.05, 4.69) is 57.5 Å². The second-order valence-electron chi connectivity index (χ2n) is 20.7. The zero-order valence-corrected chi connectivity index (χ0v) is 46.9. The molecule has 9 atom stereocenters. The first-order valence-corrected chi connectivity index (χ1v) is 27.4. The van der Waals surface area contributed by atoms with Gasteiger partial charge in [-0.3, -0.25) is 48.1 Å². The Morgan fingerprint density at radius 1 is 0.500 bits per heavy atom. The molecule has 0 fully saturated rings. The minimum absolute atomic E-state index is 0.0286. The highest BCUT2D eigenvalue weighted by molar-refractivity contribution is 5.99. The SMILES string of the molecule is CC(C)[C@H](NC(=O)[C@H](CCCCN)NC(=O)[C@H](Cc1ccccc1)NC(=O)[C@H](CCCN=C(N)N)NC(=O)[C@H](C)N)C(=O)N[C@@H](Cc1c[nH]c2ccccc12)C(=O)N[C@@H](Cc1c[nH]c2ccccc12)C(=O)N[C@@H](C)C(=O)N[C@@H](C)C(=O)O. The third-order valence-electron chi connectivity index (χ3n) is 13.7. The van der Waals surface area contributed by atoms with Crippen LogP contribution >= 0.6 is 0 Å². The summed E-state index contributed by atoms with van der Waals surface area (Å²) in [5.41, 5.74) is 26.1. The van der Waals surface area contributed by atoms with Crippen molar-refractivity contribution >= 4 is 81.0 Å². The summed E-state index contributed by atoms with van der Waals surface area (Å²) in [5, 5.41) is 32.5. The topological polar surface area (TPSA) is 418 Å². The van der Waals surface area contributed by atoms with E-state index in [0.29, 0.717) is 29.5 Å². The lowest BCUT2D eigenvalue weighted by Gasteiger charge is -2.29. The molecule has 0 aliphatic heterocycles. The van der Waals surface area contributed by atoms with Gasteiger partial charge < -0.3 is 80.5 Å². The van der Waals surface area contributed by atoms with E-state index in [-0.39, 0.29) is 57.6 Å². The number of para-hydroxylation sites is 2. The largest absolute Gasteiger partial charge is 0.480 e. The van der Waals surface area contributed by atoms with Crippen molar-refractivity contribution in [3.8, 4) is 0 Å². The van der Waals surface area contributed by atoms with Gasteiger partial charge in [0.1, 0.15) is 48.3 Å². The average Bonchev–Trinajstić information content (AvgIpc) is 4.29. The fraction of sp³-hybridized carbons (Fsp3) is 0.439. The molecule has 442 valence electrons. The molecule has 0 saturated carbocycles. The maximum atomic E-state index is 14.9. The molecule has 0 spiro atoms. The van der Waals surface area contributed by atoms with Gasteiger partial charge in [0.15, 0.2) is 5.96 Å². The summed E-state index contributed by atoms with van der Waals surface area (Å²) < 4.78 is 0. The molecule has 5 rings (SSSR count). The van der Waals surface area contributed by atoms with Gasteiger partial charge in [-0.25, -0.2) is 0 Å². The van der Waals surface area contributed by atoms with Crippen LogP contribution < -0.4 is 65.5 Å². The molecule has 2 heterocycles. The number of unbranched alkanes of at least 4 members (excludes halogenated alkanes) is 1. The normalized spacial score (nSPS) is 14.5. The molecule has 19 N–H and O–H groups in total. The fourth-order valence-corrected chi connectivity index (χ4v) is 9.00. The van der Waals surface area contributed by atoms with Gasteiger partial charge in [0.25, 0.3) is 0 Å². The Morgan fingerprint density at radius 3 is 1.45 bits per heavy atom. The first kappa shape index (κ1) is 64.0. The van der Waals surface area contributed by atoms with Crippen LogP contribution in [-0.2, 0) is 62.4 Å². The maximum Gasteiger partial charge on any atom is 0.325 e. The highest BCUT2D eigenvalue weighted by Crippen LogP contribution is 2.22. The number of carboxylic acid groups (broad SMARTS) is 1. The number of guanidine groups is 1. The molecule has 82 heavy (non-hydrogen) atoms. The van der Waals surface area contributed by atoms with Crippen LogP contribution in [0.1, 0.15) is 83.4 Å². The first-order chi connectivity index (χ1) is 39.1. The van der Waals surface area contributed by atoms with Gasteiger partial charge in [0.2, 0.25) is 47.3 Å². The molecule has 5 aromatic rings. The van der Waals surface area contributed by atoms with Gasteiger partial charge in [0, 0.05) is 60.0 Å².